The lowest BCUT2D eigenvalue weighted by Gasteiger charge is -2.17. The molecule has 1 aliphatic rings. The van der Waals surface area contributed by atoms with Gasteiger partial charge in [0.25, 0.3) is 0 Å². The fourth-order valence-electron chi connectivity index (χ4n) is 1.95. The first kappa shape index (κ1) is 14.0. The molecule has 0 aliphatic carbocycles. The quantitative estimate of drug-likeness (QED) is 0.671. The van der Waals surface area contributed by atoms with Gasteiger partial charge in [-0.25, -0.2) is 0 Å². The third-order valence-electron chi connectivity index (χ3n) is 3.24. The predicted octanol–water partition coefficient (Wildman–Crippen LogP) is 0.823. The summed E-state index contributed by atoms with van der Waals surface area (Å²) in [6.07, 6.45) is 1.99. The maximum atomic E-state index is 11.8. The average Bonchev–Trinajstić information content (AvgIpc) is 2.83. The molecule has 1 heterocycles. The van der Waals surface area contributed by atoms with Gasteiger partial charge in [0.05, 0.1) is 19.1 Å². The van der Waals surface area contributed by atoms with Crippen LogP contribution in [0.1, 0.15) is 26.2 Å². The second-order valence-corrected chi connectivity index (χ2v) is 4.43. The van der Waals surface area contributed by atoms with E-state index < -0.39 is 0 Å². The summed E-state index contributed by atoms with van der Waals surface area (Å²) in [7, 11) is 3.02. The Morgan fingerprint density at radius 2 is 2.12 bits per heavy atom. The van der Waals surface area contributed by atoms with Crippen LogP contribution >= 0.6 is 0 Å². The Balaban J connectivity index is 2.33. The topological polar surface area (TPSA) is 55.8 Å². The number of carbonyl (C=O) groups excluding carboxylic acids is 2. The molecular weight excluding hydrogens is 222 g/mol. The normalized spacial score (nSPS) is 21.4. The monoisotopic (exact) mass is 243 g/mol. The van der Waals surface area contributed by atoms with E-state index in [-0.39, 0.29) is 23.9 Å². The van der Waals surface area contributed by atoms with E-state index in [0.717, 1.165) is 0 Å². The molecule has 0 saturated carbocycles. The van der Waals surface area contributed by atoms with E-state index in [1.165, 1.54) is 7.11 Å². The minimum absolute atomic E-state index is 0.0953. The van der Waals surface area contributed by atoms with Gasteiger partial charge in [-0.2, -0.15) is 0 Å². The van der Waals surface area contributed by atoms with Gasteiger partial charge in [-0.3, -0.25) is 9.59 Å². The fraction of sp³-hybridized carbons (Fsp3) is 0.833. The number of likely N-dealkylation sites (tertiary alicyclic amines) is 1. The van der Waals surface area contributed by atoms with Crippen molar-refractivity contribution in [1.82, 2.24) is 4.90 Å². The van der Waals surface area contributed by atoms with Gasteiger partial charge < -0.3 is 14.4 Å². The molecule has 1 aliphatic heterocycles. The highest BCUT2D eigenvalue weighted by molar-refractivity contribution is 5.79. The highest BCUT2D eigenvalue weighted by Crippen LogP contribution is 2.18. The van der Waals surface area contributed by atoms with Crippen LogP contribution in [0.2, 0.25) is 0 Å². The Hall–Kier alpha value is -1.10. The van der Waals surface area contributed by atoms with Gasteiger partial charge in [0.15, 0.2) is 0 Å². The third kappa shape index (κ3) is 4.00. The molecule has 0 bridgehead atoms. The molecule has 1 saturated heterocycles. The summed E-state index contributed by atoms with van der Waals surface area (Å²) in [6.45, 7) is 3.08. The van der Waals surface area contributed by atoms with Gasteiger partial charge >= 0.3 is 5.97 Å². The first-order valence-electron chi connectivity index (χ1n) is 5.96. The molecule has 1 amide bonds. The van der Waals surface area contributed by atoms with Crippen LogP contribution in [0.25, 0.3) is 0 Å². The molecule has 0 aromatic heterocycles. The number of hydrogen-bond donors (Lipinski definition) is 0. The molecule has 0 aromatic rings. The molecule has 2 unspecified atom stereocenters. The zero-order valence-electron chi connectivity index (χ0n) is 10.8. The van der Waals surface area contributed by atoms with Crippen molar-refractivity contribution in [3.05, 3.63) is 0 Å². The maximum Gasteiger partial charge on any atom is 0.310 e. The largest absolute Gasteiger partial charge is 0.469 e. The second kappa shape index (κ2) is 6.59. The van der Waals surface area contributed by atoms with Crippen molar-refractivity contribution in [1.29, 1.82) is 0 Å². The zero-order chi connectivity index (χ0) is 12.8. The van der Waals surface area contributed by atoms with Crippen LogP contribution in [-0.4, -0.2) is 50.2 Å². The molecule has 0 aromatic carbocycles. The van der Waals surface area contributed by atoms with Crippen LogP contribution < -0.4 is 0 Å². The second-order valence-electron chi connectivity index (χ2n) is 4.43. The smallest absolute Gasteiger partial charge is 0.310 e. The minimum Gasteiger partial charge on any atom is -0.469 e. The van der Waals surface area contributed by atoms with E-state index in [1.807, 2.05) is 6.92 Å². The number of methoxy groups -OCH3 is 2. The standard InChI is InChI=1S/C12H21NO4/c1-9(16-2)4-5-11(14)13-7-6-10(8-13)12(15)17-3/h9-10H,4-8H2,1-3H3. The molecule has 1 fully saturated rings. The Labute approximate surface area is 102 Å². The number of carbonyl (C=O) groups is 2. The van der Waals surface area contributed by atoms with Gasteiger partial charge in [-0.05, 0) is 19.8 Å². The number of hydrogen-bond acceptors (Lipinski definition) is 4. The van der Waals surface area contributed by atoms with Crippen LogP contribution in [0.5, 0.6) is 0 Å². The third-order valence-corrected chi connectivity index (χ3v) is 3.24. The molecule has 0 N–H and O–H groups in total. The van der Waals surface area contributed by atoms with E-state index in [0.29, 0.717) is 32.4 Å². The SMILES string of the molecule is COC(=O)C1CCN(C(=O)CCC(C)OC)C1. The van der Waals surface area contributed by atoms with E-state index >= 15 is 0 Å². The van der Waals surface area contributed by atoms with Crippen LogP contribution in [0.15, 0.2) is 0 Å². The van der Waals surface area contributed by atoms with Gasteiger partial charge in [-0.1, -0.05) is 0 Å². The number of rotatable bonds is 5. The summed E-state index contributed by atoms with van der Waals surface area (Å²) in [6, 6.07) is 0. The average molecular weight is 243 g/mol. The summed E-state index contributed by atoms with van der Waals surface area (Å²) < 4.78 is 9.78. The first-order valence-corrected chi connectivity index (χ1v) is 5.96. The Morgan fingerprint density at radius 3 is 2.71 bits per heavy atom. The lowest BCUT2D eigenvalue weighted by molar-refractivity contribution is -0.145. The number of esters is 1. The molecule has 5 heteroatoms. The molecule has 1 rings (SSSR count). The minimum atomic E-state index is -0.217. The fourth-order valence-corrected chi connectivity index (χ4v) is 1.95. The van der Waals surface area contributed by atoms with E-state index in [4.69, 9.17) is 4.74 Å². The summed E-state index contributed by atoms with van der Waals surface area (Å²) >= 11 is 0. The van der Waals surface area contributed by atoms with Gasteiger partial charge in [0, 0.05) is 26.6 Å². The Bertz CT molecular complexity index is 280. The van der Waals surface area contributed by atoms with Gasteiger partial charge in [-0.15, -0.1) is 0 Å². The van der Waals surface area contributed by atoms with Crippen LogP contribution in [-0.2, 0) is 19.1 Å². The molecule has 0 radical (unpaired) electrons. The lowest BCUT2D eigenvalue weighted by Crippen LogP contribution is -2.30. The summed E-state index contributed by atoms with van der Waals surface area (Å²) in [5.74, 6) is -0.269. The van der Waals surface area contributed by atoms with Crippen molar-refractivity contribution in [3.63, 3.8) is 0 Å². The van der Waals surface area contributed by atoms with Crippen molar-refractivity contribution >= 4 is 11.9 Å². The number of nitrogens with zero attached hydrogens (tertiary/aromatic N) is 1. The predicted molar refractivity (Wildman–Crippen MR) is 62.4 cm³/mol. The Kier molecular flexibility index (Phi) is 5.41. The van der Waals surface area contributed by atoms with Crippen molar-refractivity contribution in [2.75, 3.05) is 27.3 Å². The van der Waals surface area contributed by atoms with E-state index in [9.17, 15) is 9.59 Å². The van der Waals surface area contributed by atoms with Crippen molar-refractivity contribution in [2.24, 2.45) is 5.92 Å². The van der Waals surface area contributed by atoms with E-state index in [1.54, 1.807) is 12.0 Å². The first-order chi connectivity index (χ1) is 8.08. The van der Waals surface area contributed by atoms with Crippen LogP contribution in [0.3, 0.4) is 0 Å². The molecule has 2 atom stereocenters. The van der Waals surface area contributed by atoms with E-state index in [2.05, 4.69) is 4.74 Å². The molecule has 0 spiro atoms. The molecular formula is C12H21NO4. The van der Waals surface area contributed by atoms with Crippen molar-refractivity contribution in [2.45, 2.75) is 32.3 Å². The summed E-state index contributed by atoms with van der Waals surface area (Å²) in [5, 5.41) is 0. The lowest BCUT2D eigenvalue weighted by atomic mass is 10.1. The van der Waals surface area contributed by atoms with Gasteiger partial charge in [0.1, 0.15) is 0 Å². The number of ether oxygens (including phenoxy) is 2. The molecule has 17 heavy (non-hydrogen) atoms. The maximum absolute atomic E-state index is 11.8. The van der Waals surface area contributed by atoms with Gasteiger partial charge in [0.2, 0.25) is 5.91 Å². The summed E-state index contributed by atoms with van der Waals surface area (Å²) in [4.78, 5) is 24.9. The molecule has 5 nitrogen and oxygen atoms in total. The van der Waals surface area contributed by atoms with Crippen LogP contribution in [0, 0.1) is 5.92 Å². The highest BCUT2D eigenvalue weighted by atomic mass is 16.5. The van der Waals surface area contributed by atoms with Crippen molar-refractivity contribution in [3.8, 4) is 0 Å². The Morgan fingerprint density at radius 1 is 1.41 bits per heavy atom. The highest BCUT2D eigenvalue weighted by Gasteiger charge is 2.31. The summed E-state index contributed by atoms with van der Waals surface area (Å²) in [5.41, 5.74) is 0. The zero-order valence-corrected chi connectivity index (χ0v) is 10.8. The van der Waals surface area contributed by atoms with Crippen molar-refractivity contribution < 1.29 is 19.1 Å². The van der Waals surface area contributed by atoms with Crippen LogP contribution in [0.4, 0.5) is 0 Å². The number of amides is 1. The molecule has 98 valence electrons.